The lowest BCUT2D eigenvalue weighted by Gasteiger charge is -2.08. The van der Waals surface area contributed by atoms with E-state index in [4.69, 9.17) is 0 Å². The third-order valence-electron chi connectivity index (χ3n) is 3.60. The molecule has 0 radical (unpaired) electrons. The Balaban J connectivity index is 2.25. The highest BCUT2D eigenvalue weighted by Gasteiger charge is 2.17. The van der Waals surface area contributed by atoms with Crippen molar-refractivity contribution < 1.29 is 0 Å². The predicted molar refractivity (Wildman–Crippen MR) is 81.8 cm³/mol. The van der Waals surface area contributed by atoms with Gasteiger partial charge >= 0.3 is 0 Å². The van der Waals surface area contributed by atoms with Crippen molar-refractivity contribution >= 4 is 17.1 Å². The molecule has 0 fully saturated rings. The molecule has 0 bridgehead atoms. The van der Waals surface area contributed by atoms with Crippen LogP contribution in [0, 0.1) is 13.8 Å². The molecule has 0 unspecified atom stereocenters. The number of imidazole rings is 1. The molecule has 7 nitrogen and oxygen atoms in total. The Kier molecular flexibility index (Phi) is 3.32. The van der Waals surface area contributed by atoms with Crippen LogP contribution < -0.4 is 5.32 Å². The molecule has 0 aromatic carbocycles. The summed E-state index contributed by atoms with van der Waals surface area (Å²) in [6, 6.07) is 0. The summed E-state index contributed by atoms with van der Waals surface area (Å²) in [5.74, 6) is 1.30. The van der Waals surface area contributed by atoms with Crippen molar-refractivity contribution in [1.29, 1.82) is 0 Å². The van der Waals surface area contributed by atoms with Crippen LogP contribution in [0.2, 0.25) is 0 Å². The van der Waals surface area contributed by atoms with Gasteiger partial charge in [0.2, 0.25) is 5.95 Å². The van der Waals surface area contributed by atoms with Crippen molar-refractivity contribution in [1.82, 2.24) is 29.7 Å². The summed E-state index contributed by atoms with van der Waals surface area (Å²) in [4.78, 5) is 16.3. The number of fused-ring (bicyclic) bond motifs is 1. The molecule has 3 rings (SSSR count). The van der Waals surface area contributed by atoms with Crippen LogP contribution in [0.15, 0.2) is 6.33 Å². The number of hydrogen-bond acceptors (Lipinski definition) is 5. The molecule has 0 saturated heterocycles. The van der Waals surface area contributed by atoms with Gasteiger partial charge in [-0.15, -0.1) is 0 Å². The Hall–Kier alpha value is -2.44. The second-order valence-electron chi connectivity index (χ2n) is 4.92. The molecule has 110 valence electrons. The number of nitrogens with zero attached hydrogens (tertiary/aromatic N) is 5. The van der Waals surface area contributed by atoms with Gasteiger partial charge in [-0.2, -0.15) is 15.1 Å². The van der Waals surface area contributed by atoms with Crippen molar-refractivity contribution in [3.8, 4) is 5.82 Å². The monoisotopic (exact) mass is 285 g/mol. The number of aryl methyl sites for hydroxylation is 1. The van der Waals surface area contributed by atoms with Gasteiger partial charge in [0.25, 0.3) is 0 Å². The van der Waals surface area contributed by atoms with E-state index in [0.717, 1.165) is 35.7 Å². The molecule has 0 aliphatic heterocycles. The Morgan fingerprint density at radius 3 is 2.71 bits per heavy atom. The first kappa shape index (κ1) is 13.5. The number of aromatic nitrogens is 6. The minimum Gasteiger partial charge on any atom is -0.354 e. The Bertz CT molecular complexity index is 784. The second-order valence-corrected chi connectivity index (χ2v) is 4.92. The molecule has 2 N–H and O–H groups in total. The number of anilines is 1. The highest BCUT2D eigenvalue weighted by Crippen LogP contribution is 2.22. The van der Waals surface area contributed by atoms with Crippen LogP contribution in [0.3, 0.4) is 0 Å². The average molecular weight is 285 g/mol. The van der Waals surface area contributed by atoms with Crippen LogP contribution in [-0.4, -0.2) is 36.3 Å². The van der Waals surface area contributed by atoms with Gasteiger partial charge < -0.3 is 10.3 Å². The lowest BCUT2D eigenvalue weighted by Crippen LogP contribution is -2.09. The van der Waals surface area contributed by atoms with Gasteiger partial charge in [0.15, 0.2) is 11.5 Å². The van der Waals surface area contributed by atoms with E-state index in [9.17, 15) is 0 Å². The van der Waals surface area contributed by atoms with Crippen molar-refractivity contribution in [2.75, 3.05) is 11.9 Å². The van der Waals surface area contributed by atoms with Crippen molar-refractivity contribution in [2.24, 2.45) is 0 Å². The molecule has 0 atom stereocenters. The van der Waals surface area contributed by atoms with Crippen molar-refractivity contribution in [3.63, 3.8) is 0 Å². The summed E-state index contributed by atoms with van der Waals surface area (Å²) >= 11 is 0. The zero-order valence-corrected chi connectivity index (χ0v) is 12.7. The molecule has 0 aliphatic carbocycles. The van der Waals surface area contributed by atoms with Gasteiger partial charge in [-0.1, -0.05) is 6.92 Å². The van der Waals surface area contributed by atoms with Gasteiger partial charge in [-0.05, 0) is 32.8 Å². The normalized spacial score (nSPS) is 11.2. The first-order chi connectivity index (χ1) is 10.2. The summed E-state index contributed by atoms with van der Waals surface area (Å²) in [7, 11) is 0. The van der Waals surface area contributed by atoms with E-state index < -0.39 is 0 Å². The van der Waals surface area contributed by atoms with Crippen LogP contribution in [0.25, 0.3) is 17.0 Å². The molecular formula is C14H19N7. The Labute approximate surface area is 122 Å². The summed E-state index contributed by atoms with van der Waals surface area (Å²) in [5.41, 5.74) is 4.83. The zero-order valence-electron chi connectivity index (χ0n) is 12.7. The molecule has 0 saturated carbocycles. The van der Waals surface area contributed by atoms with Crippen LogP contribution in [0.5, 0.6) is 0 Å². The molecular weight excluding hydrogens is 266 g/mol. The minimum atomic E-state index is 0.567. The smallest absolute Gasteiger partial charge is 0.226 e. The fourth-order valence-corrected chi connectivity index (χ4v) is 2.60. The molecule has 3 aromatic rings. The van der Waals surface area contributed by atoms with Crippen LogP contribution in [-0.2, 0) is 6.42 Å². The highest BCUT2D eigenvalue weighted by molar-refractivity contribution is 5.79. The maximum absolute atomic E-state index is 4.63. The number of aromatic amines is 1. The Morgan fingerprint density at radius 2 is 2.05 bits per heavy atom. The van der Waals surface area contributed by atoms with E-state index in [-0.39, 0.29) is 0 Å². The van der Waals surface area contributed by atoms with E-state index in [1.54, 1.807) is 6.33 Å². The van der Waals surface area contributed by atoms with Gasteiger partial charge in [0.1, 0.15) is 5.52 Å². The number of rotatable bonds is 4. The lowest BCUT2D eigenvalue weighted by atomic mass is 10.1. The van der Waals surface area contributed by atoms with Gasteiger partial charge in [0, 0.05) is 12.2 Å². The SMILES string of the molecule is CCNc1nc(-n2nc(C)c(CC)c2C)c2[nH]cnc2n1. The van der Waals surface area contributed by atoms with E-state index in [0.29, 0.717) is 11.6 Å². The maximum atomic E-state index is 4.63. The van der Waals surface area contributed by atoms with E-state index >= 15 is 0 Å². The van der Waals surface area contributed by atoms with Crippen LogP contribution in [0.1, 0.15) is 30.8 Å². The molecule has 0 amide bonds. The second kappa shape index (κ2) is 5.16. The molecule has 0 spiro atoms. The molecule has 3 aromatic heterocycles. The van der Waals surface area contributed by atoms with Gasteiger partial charge in [-0.3, -0.25) is 0 Å². The topological polar surface area (TPSA) is 84.3 Å². The summed E-state index contributed by atoms with van der Waals surface area (Å²) < 4.78 is 1.87. The zero-order chi connectivity index (χ0) is 15.0. The van der Waals surface area contributed by atoms with Crippen LogP contribution in [0.4, 0.5) is 5.95 Å². The van der Waals surface area contributed by atoms with Gasteiger partial charge in [-0.25, -0.2) is 9.67 Å². The molecule has 21 heavy (non-hydrogen) atoms. The van der Waals surface area contributed by atoms with E-state index in [2.05, 4.69) is 44.2 Å². The van der Waals surface area contributed by atoms with Crippen molar-refractivity contribution in [2.45, 2.75) is 34.1 Å². The number of H-pyrrole nitrogens is 1. The Morgan fingerprint density at radius 1 is 1.24 bits per heavy atom. The fraction of sp³-hybridized carbons (Fsp3) is 0.429. The maximum Gasteiger partial charge on any atom is 0.226 e. The van der Waals surface area contributed by atoms with Crippen molar-refractivity contribution in [3.05, 3.63) is 23.3 Å². The summed E-state index contributed by atoms with van der Waals surface area (Å²) in [5, 5.41) is 7.77. The fourth-order valence-electron chi connectivity index (χ4n) is 2.60. The van der Waals surface area contributed by atoms with E-state index in [1.165, 1.54) is 5.56 Å². The third-order valence-corrected chi connectivity index (χ3v) is 3.60. The van der Waals surface area contributed by atoms with Crippen LogP contribution >= 0.6 is 0 Å². The quantitative estimate of drug-likeness (QED) is 0.767. The minimum absolute atomic E-state index is 0.567. The third kappa shape index (κ3) is 2.14. The molecule has 0 aliphatic rings. The highest BCUT2D eigenvalue weighted by atomic mass is 15.3. The van der Waals surface area contributed by atoms with E-state index in [1.807, 2.05) is 18.5 Å². The largest absolute Gasteiger partial charge is 0.354 e. The predicted octanol–water partition coefficient (Wildman–Crippen LogP) is 2.15. The van der Waals surface area contributed by atoms with Gasteiger partial charge in [0.05, 0.1) is 12.0 Å². The summed E-state index contributed by atoms with van der Waals surface area (Å²) in [6.07, 6.45) is 2.58. The lowest BCUT2D eigenvalue weighted by molar-refractivity contribution is 0.807. The number of nitrogens with one attached hydrogen (secondary N) is 2. The molecule has 3 heterocycles. The standard InChI is InChI=1S/C14H19N7/c1-5-10-8(3)20-21(9(10)4)13-11-12(17-7-16-11)18-14(19-13)15-6-2/h7H,5-6H2,1-4H3,(H2,15,16,17,18,19). The average Bonchev–Trinajstić information content (AvgIpc) is 3.03. The first-order valence-corrected chi connectivity index (χ1v) is 7.16. The molecule has 7 heteroatoms. The number of hydrogen-bond donors (Lipinski definition) is 2. The first-order valence-electron chi connectivity index (χ1n) is 7.16. The summed E-state index contributed by atoms with van der Waals surface area (Å²) in [6.45, 7) is 9.00.